The van der Waals surface area contributed by atoms with Gasteiger partial charge < -0.3 is 18.9 Å². The predicted molar refractivity (Wildman–Crippen MR) is 120 cm³/mol. The van der Waals surface area contributed by atoms with E-state index >= 15 is 0 Å². The smallest absolute Gasteiger partial charge is 0.231 e. The van der Waals surface area contributed by atoms with Crippen LogP contribution >= 0.6 is 11.6 Å². The molecule has 3 aromatic rings. The Morgan fingerprint density at radius 3 is 2.58 bits per heavy atom. The number of benzene rings is 3. The van der Waals surface area contributed by atoms with Crippen molar-refractivity contribution in [2.45, 2.75) is 19.0 Å². The molecule has 0 N–H and O–H groups in total. The number of hydrogen-bond acceptors (Lipinski definition) is 5. The Labute approximate surface area is 187 Å². The minimum Gasteiger partial charge on any atom is -0.493 e. The highest BCUT2D eigenvalue weighted by molar-refractivity contribution is 6.30. The van der Waals surface area contributed by atoms with Crippen LogP contribution in [0.15, 0.2) is 54.6 Å². The molecular weight excluding hydrogens is 414 g/mol. The molecule has 160 valence electrons. The summed E-state index contributed by atoms with van der Waals surface area (Å²) < 4.78 is 22.2. The van der Waals surface area contributed by atoms with Crippen molar-refractivity contribution >= 4 is 11.6 Å². The molecule has 0 aromatic heterocycles. The normalized spacial score (nSPS) is 17.3. The van der Waals surface area contributed by atoms with E-state index in [1.165, 1.54) is 16.7 Å². The number of hydrogen-bond donors (Lipinski definition) is 0. The molecule has 5 rings (SSSR count). The van der Waals surface area contributed by atoms with Crippen molar-refractivity contribution in [2.24, 2.45) is 0 Å². The molecule has 0 saturated heterocycles. The van der Waals surface area contributed by atoms with E-state index in [9.17, 15) is 0 Å². The molecule has 3 aromatic carbocycles. The SMILES string of the molecule is COc1cc2c(cc1OC)C(c1cccc(Cl)c1)N(Cc1ccc3c(c1)OCO3)CC2. The van der Waals surface area contributed by atoms with Crippen LogP contribution in [0.3, 0.4) is 0 Å². The average molecular weight is 438 g/mol. The van der Waals surface area contributed by atoms with Gasteiger partial charge in [-0.3, -0.25) is 4.90 Å². The molecule has 0 radical (unpaired) electrons. The summed E-state index contributed by atoms with van der Waals surface area (Å²) in [5, 5.41) is 0.730. The molecule has 5 nitrogen and oxygen atoms in total. The number of halogens is 1. The maximum atomic E-state index is 6.38. The molecule has 0 spiro atoms. The van der Waals surface area contributed by atoms with Crippen LogP contribution in [0.1, 0.15) is 28.3 Å². The van der Waals surface area contributed by atoms with Gasteiger partial charge in [-0.15, -0.1) is 0 Å². The Kier molecular flexibility index (Phi) is 5.38. The summed E-state index contributed by atoms with van der Waals surface area (Å²) in [5.41, 5.74) is 4.82. The standard InChI is InChI=1S/C25H24ClNO4/c1-28-22-12-17-8-9-27(14-16-6-7-21-24(10-16)31-15-30-21)25(20(17)13-23(22)29-2)18-4-3-5-19(26)11-18/h3-7,10-13,25H,8-9,14-15H2,1-2H3. The van der Waals surface area contributed by atoms with Crippen molar-refractivity contribution in [1.29, 1.82) is 0 Å². The second-order valence-corrected chi connectivity index (χ2v) is 8.21. The molecule has 0 bridgehead atoms. The van der Waals surface area contributed by atoms with E-state index in [-0.39, 0.29) is 12.8 Å². The second kappa shape index (κ2) is 8.33. The number of methoxy groups -OCH3 is 2. The third-order valence-electron chi connectivity index (χ3n) is 5.96. The maximum absolute atomic E-state index is 6.38. The van der Waals surface area contributed by atoms with E-state index in [4.69, 9.17) is 30.5 Å². The first-order valence-electron chi connectivity index (χ1n) is 10.3. The molecule has 2 aliphatic rings. The first-order chi connectivity index (χ1) is 15.2. The van der Waals surface area contributed by atoms with Crippen molar-refractivity contribution in [3.8, 4) is 23.0 Å². The average Bonchev–Trinajstić information content (AvgIpc) is 3.26. The Balaban J connectivity index is 1.56. The van der Waals surface area contributed by atoms with Gasteiger partial charge in [-0.2, -0.15) is 0 Å². The van der Waals surface area contributed by atoms with Crippen molar-refractivity contribution in [1.82, 2.24) is 4.90 Å². The van der Waals surface area contributed by atoms with E-state index in [1.807, 2.05) is 24.3 Å². The van der Waals surface area contributed by atoms with Crippen LogP contribution in [-0.2, 0) is 13.0 Å². The van der Waals surface area contributed by atoms with Gasteiger partial charge >= 0.3 is 0 Å². The maximum Gasteiger partial charge on any atom is 0.231 e. The number of fused-ring (bicyclic) bond motifs is 2. The van der Waals surface area contributed by atoms with E-state index in [0.717, 1.165) is 53.1 Å². The molecular formula is C25H24ClNO4. The zero-order valence-electron chi connectivity index (χ0n) is 17.6. The zero-order valence-corrected chi connectivity index (χ0v) is 18.3. The van der Waals surface area contributed by atoms with Gasteiger partial charge in [0.1, 0.15) is 0 Å². The first kappa shape index (κ1) is 20.0. The molecule has 31 heavy (non-hydrogen) atoms. The lowest BCUT2D eigenvalue weighted by Crippen LogP contribution is -2.35. The minimum atomic E-state index is 0.0488. The molecule has 0 fully saturated rings. The van der Waals surface area contributed by atoms with Crippen molar-refractivity contribution < 1.29 is 18.9 Å². The summed E-state index contributed by atoms with van der Waals surface area (Å²) in [6.45, 7) is 1.97. The highest BCUT2D eigenvalue weighted by Gasteiger charge is 2.31. The van der Waals surface area contributed by atoms with Gasteiger partial charge in [0.2, 0.25) is 6.79 Å². The molecule has 1 unspecified atom stereocenters. The third-order valence-corrected chi connectivity index (χ3v) is 6.20. The number of nitrogens with zero attached hydrogens (tertiary/aromatic N) is 1. The van der Waals surface area contributed by atoms with Gasteiger partial charge in [0.25, 0.3) is 0 Å². The van der Waals surface area contributed by atoms with E-state index in [0.29, 0.717) is 0 Å². The number of rotatable bonds is 5. The summed E-state index contributed by atoms with van der Waals surface area (Å²) in [7, 11) is 3.35. The Hall–Kier alpha value is -2.89. The van der Waals surface area contributed by atoms with Crippen LogP contribution < -0.4 is 18.9 Å². The summed E-state index contributed by atoms with van der Waals surface area (Å²) in [4.78, 5) is 2.47. The van der Waals surface area contributed by atoms with Crippen molar-refractivity contribution in [3.63, 3.8) is 0 Å². The lowest BCUT2D eigenvalue weighted by Gasteiger charge is -2.38. The summed E-state index contributed by atoms with van der Waals surface area (Å²) in [5.74, 6) is 3.10. The summed E-state index contributed by atoms with van der Waals surface area (Å²) in [6.07, 6.45) is 0.928. The van der Waals surface area contributed by atoms with Crippen molar-refractivity contribution in [2.75, 3.05) is 27.6 Å². The monoisotopic (exact) mass is 437 g/mol. The Morgan fingerprint density at radius 1 is 0.968 bits per heavy atom. The second-order valence-electron chi connectivity index (χ2n) is 7.77. The molecule has 0 saturated carbocycles. The van der Waals surface area contributed by atoms with E-state index in [2.05, 4.69) is 35.2 Å². The van der Waals surface area contributed by atoms with Gasteiger partial charge in [0.05, 0.1) is 20.3 Å². The molecule has 6 heteroatoms. The molecule has 0 amide bonds. The van der Waals surface area contributed by atoms with Crippen LogP contribution in [0.2, 0.25) is 5.02 Å². The van der Waals surface area contributed by atoms with Gasteiger partial charge in [-0.1, -0.05) is 29.8 Å². The highest BCUT2D eigenvalue weighted by atomic mass is 35.5. The summed E-state index contributed by atoms with van der Waals surface area (Å²) in [6, 6.07) is 18.5. The Morgan fingerprint density at radius 2 is 1.77 bits per heavy atom. The minimum absolute atomic E-state index is 0.0488. The highest BCUT2D eigenvalue weighted by Crippen LogP contribution is 2.42. The Bertz CT molecular complexity index is 1120. The molecule has 1 atom stereocenters. The van der Waals surface area contributed by atoms with Crippen LogP contribution in [0.5, 0.6) is 23.0 Å². The first-order valence-corrected chi connectivity index (χ1v) is 10.7. The van der Waals surface area contributed by atoms with Crippen LogP contribution in [-0.4, -0.2) is 32.5 Å². The predicted octanol–water partition coefficient (Wildman–Crippen LogP) is 5.23. The van der Waals surface area contributed by atoms with E-state index < -0.39 is 0 Å². The lowest BCUT2D eigenvalue weighted by molar-refractivity contribution is 0.173. The fourth-order valence-corrected chi connectivity index (χ4v) is 4.71. The van der Waals surface area contributed by atoms with Gasteiger partial charge in [-0.25, -0.2) is 0 Å². The fourth-order valence-electron chi connectivity index (χ4n) is 4.51. The fraction of sp³-hybridized carbons (Fsp3) is 0.280. The molecule has 0 aliphatic carbocycles. The van der Waals surface area contributed by atoms with Crippen LogP contribution in [0.4, 0.5) is 0 Å². The van der Waals surface area contributed by atoms with E-state index in [1.54, 1.807) is 14.2 Å². The topological polar surface area (TPSA) is 40.2 Å². The van der Waals surface area contributed by atoms with Crippen LogP contribution in [0, 0.1) is 0 Å². The lowest BCUT2D eigenvalue weighted by atomic mass is 9.87. The summed E-state index contributed by atoms with van der Waals surface area (Å²) >= 11 is 6.38. The van der Waals surface area contributed by atoms with Crippen LogP contribution in [0.25, 0.3) is 0 Å². The van der Waals surface area contributed by atoms with Crippen molar-refractivity contribution in [3.05, 3.63) is 81.9 Å². The third kappa shape index (κ3) is 3.80. The van der Waals surface area contributed by atoms with Gasteiger partial charge in [0, 0.05) is 18.1 Å². The quantitative estimate of drug-likeness (QED) is 0.546. The zero-order chi connectivity index (χ0) is 21.4. The molecule has 2 heterocycles. The van der Waals surface area contributed by atoms with Gasteiger partial charge in [-0.05, 0) is 65.1 Å². The largest absolute Gasteiger partial charge is 0.493 e. The van der Waals surface area contributed by atoms with Gasteiger partial charge in [0.15, 0.2) is 23.0 Å². The molecule has 2 aliphatic heterocycles. The number of ether oxygens (including phenoxy) is 4.